The maximum atomic E-state index is 11.6. The van der Waals surface area contributed by atoms with Crippen LogP contribution in [0.25, 0.3) is 0 Å². The van der Waals surface area contributed by atoms with Crippen molar-refractivity contribution >= 4 is 11.9 Å². The highest BCUT2D eigenvalue weighted by Crippen LogP contribution is 2.35. The van der Waals surface area contributed by atoms with Crippen molar-refractivity contribution in [2.24, 2.45) is 0 Å². The lowest BCUT2D eigenvalue weighted by molar-refractivity contribution is -0.380. The van der Waals surface area contributed by atoms with Gasteiger partial charge >= 0.3 is 11.9 Å². The fraction of sp³-hybridized carbons (Fsp3) is 0.857. The van der Waals surface area contributed by atoms with Gasteiger partial charge in [0.2, 0.25) is 0 Å². The second-order valence-corrected chi connectivity index (χ2v) is 5.41. The number of carbonyl (C=O) groups is 2. The van der Waals surface area contributed by atoms with E-state index in [1.165, 1.54) is 7.11 Å². The molecule has 8 heteroatoms. The average molecular weight is 320 g/mol. The molecule has 126 valence electrons. The van der Waals surface area contributed by atoms with Crippen LogP contribution < -0.4 is 0 Å². The molecule has 0 aromatic carbocycles. The van der Waals surface area contributed by atoms with Crippen molar-refractivity contribution in [3.63, 3.8) is 0 Å². The van der Waals surface area contributed by atoms with Gasteiger partial charge in [0.25, 0.3) is 0 Å². The van der Waals surface area contributed by atoms with E-state index in [1.807, 2.05) is 0 Å². The fourth-order valence-corrected chi connectivity index (χ4v) is 2.27. The first-order valence-electron chi connectivity index (χ1n) is 7.84. The summed E-state index contributed by atoms with van der Waals surface area (Å²) >= 11 is 0. The van der Waals surface area contributed by atoms with E-state index in [1.54, 1.807) is 13.8 Å². The van der Waals surface area contributed by atoms with E-state index in [0.717, 1.165) is 13.8 Å². The molecule has 2 aliphatic heterocycles. The Bertz CT molecular complexity index is 527. The number of rotatable bonds is 3. The number of fused-ring (bicyclic) bond motifs is 1. The first kappa shape index (κ1) is 14.4. The van der Waals surface area contributed by atoms with Crippen LogP contribution in [0.1, 0.15) is 30.4 Å². The molecule has 0 radical (unpaired) electrons. The third-order valence-electron chi connectivity index (χ3n) is 3.08. The van der Waals surface area contributed by atoms with Gasteiger partial charge in [-0.05, 0) is 13.8 Å². The Balaban J connectivity index is 2.53. The molecule has 8 nitrogen and oxygen atoms in total. The Morgan fingerprint density at radius 2 is 1.77 bits per heavy atom. The van der Waals surface area contributed by atoms with Gasteiger partial charge in [0.05, 0.1) is 9.35 Å². The monoisotopic (exact) mass is 320 g/mol. The van der Waals surface area contributed by atoms with E-state index in [4.69, 9.17) is 31.2 Å². The molecule has 2 aliphatic rings. The molecule has 22 heavy (non-hydrogen) atoms. The summed E-state index contributed by atoms with van der Waals surface area (Å²) in [4.78, 5) is 23.1. The highest BCUT2D eigenvalue weighted by Gasteiger charge is 2.54. The van der Waals surface area contributed by atoms with Gasteiger partial charge in [-0.1, -0.05) is 0 Å². The number of esters is 2. The molecule has 2 heterocycles. The molecule has 0 bridgehead atoms. The van der Waals surface area contributed by atoms with Crippen LogP contribution in [-0.4, -0.2) is 62.1 Å². The molecular formula is C14H22O8. The zero-order chi connectivity index (χ0) is 18.3. The lowest BCUT2D eigenvalue weighted by Crippen LogP contribution is -2.66. The summed E-state index contributed by atoms with van der Waals surface area (Å²) in [5.74, 6) is -2.80. The summed E-state index contributed by atoms with van der Waals surface area (Å²) in [5, 5.41) is 0. The molecule has 0 unspecified atom stereocenters. The summed E-state index contributed by atoms with van der Waals surface area (Å²) in [6.45, 7) is 5.39. The van der Waals surface area contributed by atoms with Crippen LogP contribution in [0.3, 0.4) is 0 Å². The van der Waals surface area contributed by atoms with Gasteiger partial charge in [-0.2, -0.15) is 0 Å². The summed E-state index contributed by atoms with van der Waals surface area (Å²) in [6, 6.07) is 0. The number of carbonyl (C=O) groups excluding carboxylic acids is 2. The van der Waals surface area contributed by atoms with Crippen molar-refractivity contribution in [1.82, 2.24) is 0 Å². The first-order valence-corrected chi connectivity index (χ1v) is 6.84. The van der Waals surface area contributed by atoms with Crippen LogP contribution in [-0.2, 0) is 38.0 Å². The Morgan fingerprint density at radius 3 is 2.32 bits per heavy atom. The van der Waals surface area contributed by atoms with E-state index in [0.29, 0.717) is 0 Å². The van der Waals surface area contributed by atoms with Gasteiger partial charge in [0, 0.05) is 21.0 Å². The number of hydrogen-bond donors (Lipinski definition) is 0. The fourth-order valence-electron chi connectivity index (χ4n) is 2.27. The van der Waals surface area contributed by atoms with Crippen molar-refractivity contribution in [2.75, 3.05) is 13.7 Å². The van der Waals surface area contributed by atoms with Crippen molar-refractivity contribution in [1.29, 1.82) is 0 Å². The van der Waals surface area contributed by atoms with Gasteiger partial charge in [0.15, 0.2) is 24.2 Å². The maximum Gasteiger partial charge on any atom is 0.303 e. The number of hydrogen-bond acceptors (Lipinski definition) is 8. The molecule has 0 N–H and O–H groups in total. The van der Waals surface area contributed by atoms with Crippen LogP contribution >= 0.6 is 0 Å². The zero-order valence-electron chi connectivity index (χ0n) is 15.2. The van der Waals surface area contributed by atoms with Gasteiger partial charge in [-0.15, -0.1) is 0 Å². The van der Waals surface area contributed by atoms with E-state index in [9.17, 15) is 9.59 Å². The van der Waals surface area contributed by atoms with E-state index in [-0.39, 0.29) is 6.61 Å². The van der Waals surface area contributed by atoms with Crippen molar-refractivity contribution < 1.29 is 40.8 Å². The topological polar surface area (TPSA) is 89.5 Å². The summed E-state index contributed by atoms with van der Waals surface area (Å²) in [6.07, 6.45) is -8.47. The van der Waals surface area contributed by atoms with Crippen molar-refractivity contribution in [3.05, 3.63) is 0 Å². The number of ether oxygens (including phenoxy) is 6. The van der Waals surface area contributed by atoms with Gasteiger partial charge < -0.3 is 28.4 Å². The average Bonchev–Trinajstić information content (AvgIpc) is 2.42. The zero-order valence-corrected chi connectivity index (χ0v) is 13.2. The third-order valence-corrected chi connectivity index (χ3v) is 3.08. The van der Waals surface area contributed by atoms with E-state index in [2.05, 4.69) is 0 Å². The summed E-state index contributed by atoms with van der Waals surface area (Å²) in [5.41, 5.74) is 0. The smallest absolute Gasteiger partial charge is 0.303 e. The van der Waals surface area contributed by atoms with Gasteiger partial charge in [0.1, 0.15) is 12.2 Å². The minimum Gasteiger partial charge on any atom is -0.455 e. The molecule has 2 rings (SSSR count). The lowest BCUT2D eigenvalue weighted by Gasteiger charge is -2.49. The van der Waals surface area contributed by atoms with Crippen molar-refractivity contribution in [3.8, 4) is 0 Å². The standard InChI is InChI=1S/C14H22O8/c1-7(15)19-11-10-9(6-18-14(3,4)22-10)21-13(17-5)12(11)20-8(2)16/h9-13H,6H2,1-5H3/t9-,10-,11+,12-,13+/m1/s1/i11D,12D. The molecule has 0 aliphatic carbocycles. The van der Waals surface area contributed by atoms with E-state index < -0.39 is 48.4 Å². The minimum atomic E-state index is -2.49. The molecule has 0 spiro atoms. The Hall–Kier alpha value is -1.22. The molecule has 2 fully saturated rings. The second-order valence-electron chi connectivity index (χ2n) is 5.41. The Kier molecular flexibility index (Phi) is 4.24. The predicted octanol–water partition coefficient (Wildman–Crippen LogP) is 0.373. The summed E-state index contributed by atoms with van der Waals surface area (Å²) in [7, 11) is 1.22. The molecule has 5 atom stereocenters. The minimum absolute atomic E-state index is 0.0234. The highest BCUT2D eigenvalue weighted by molar-refractivity contribution is 5.67. The highest BCUT2D eigenvalue weighted by atomic mass is 16.8. The largest absolute Gasteiger partial charge is 0.455 e. The predicted molar refractivity (Wildman–Crippen MR) is 71.7 cm³/mol. The quantitative estimate of drug-likeness (QED) is 0.689. The molecule has 2 saturated heterocycles. The molecule has 0 aromatic heterocycles. The second kappa shape index (κ2) is 6.49. The SMILES string of the molecule is [2H][C@]1(OC(C)=O)[C@@H](OC)O[C@@H]2COC(C)(C)O[C@H]2[C@]1([2H])OC(C)=O. The van der Waals surface area contributed by atoms with Gasteiger partial charge in [-0.3, -0.25) is 9.59 Å². The van der Waals surface area contributed by atoms with Crippen molar-refractivity contribution in [2.45, 2.75) is 64.1 Å². The maximum absolute atomic E-state index is 11.6. The molecular weight excluding hydrogens is 296 g/mol. The third kappa shape index (κ3) is 3.75. The van der Waals surface area contributed by atoms with E-state index >= 15 is 0 Å². The normalized spacial score (nSPS) is 45.0. The molecule has 0 saturated carbocycles. The van der Waals surface area contributed by atoms with Crippen LogP contribution in [0.15, 0.2) is 0 Å². The van der Waals surface area contributed by atoms with Crippen LogP contribution in [0, 0.1) is 0 Å². The molecule has 0 aromatic rings. The van der Waals surface area contributed by atoms with Crippen LogP contribution in [0.2, 0.25) is 0 Å². The first-order chi connectivity index (χ1) is 10.9. The Labute approximate surface area is 131 Å². The Morgan fingerprint density at radius 1 is 1.18 bits per heavy atom. The lowest BCUT2D eigenvalue weighted by atomic mass is 9.97. The summed E-state index contributed by atoms with van der Waals surface area (Å²) < 4.78 is 49.2. The van der Waals surface area contributed by atoms with Gasteiger partial charge in [-0.25, -0.2) is 0 Å². The van der Waals surface area contributed by atoms with Crippen LogP contribution in [0.5, 0.6) is 0 Å². The number of methoxy groups -OCH3 is 1. The molecule has 0 amide bonds. The van der Waals surface area contributed by atoms with Crippen LogP contribution in [0.4, 0.5) is 0 Å².